The standard InChI is InChI=1S/C39H54N10O3.Co.HI/c1-37(2,3)46-34(50)28-10-13-31(43-22-28)25-40-16-19-49(20-17-41-26-32-14-11-29(23-44-32)35(51)47-38(4,5)6)21-18-42-27-33-15-12-30(24-45-33)36(52)48-39(7,8)9;;/h10-15,22-27H,16-21H2,1-9H3,(H,46,50)(H,47,51)(H,48,52);;1H/p-1. The number of nitrogens with zero attached hydrogens (tertiary/aromatic N) is 7. The van der Waals surface area contributed by atoms with E-state index in [0.29, 0.717) is 73.0 Å². The average molecular weight is 897 g/mol. The Balaban J connectivity index is 0.00000729. The molecule has 0 fully saturated rings. The monoisotopic (exact) mass is 896 g/mol. The van der Waals surface area contributed by atoms with Crippen molar-refractivity contribution in [1.82, 2.24) is 35.8 Å². The molecule has 0 aliphatic carbocycles. The van der Waals surface area contributed by atoms with Crippen LogP contribution in [0.15, 0.2) is 70.0 Å². The SMILES string of the molecule is CC(C)(C)NC(=O)c1ccc(C=NCCN(CCN=Cc2ccc(C(=O)NC(C)(C)C)cn2)CCN=Cc2ccc(C(=O)NC(C)(C)C)cn2)nc1.[Co].[I-]. The van der Waals surface area contributed by atoms with Crippen molar-refractivity contribution in [3.05, 3.63) is 88.8 Å². The first kappa shape index (κ1) is 48.1. The van der Waals surface area contributed by atoms with Crippen LogP contribution < -0.4 is 39.9 Å². The van der Waals surface area contributed by atoms with E-state index < -0.39 is 0 Å². The van der Waals surface area contributed by atoms with E-state index in [4.69, 9.17) is 0 Å². The van der Waals surface area contributed by atoms with E-state index in [1.54, 1.807) is 73.6 Å². The molecule has 3 rings (SSSR count). The van der Waals surface area contributed by atoms with Crippen molar-refractivity contribution in [3.8, 4) is 0 Å². The first-order valence-corrected chi connectivity index (χ1v) is 17.4. The molecule has 0 spiro atoms. The van der Waals surface area contributed by atoms with E-state index in [0.717, 1.165) is 0 Å². The number of carbonyl (C=O) groups is 3. The molecule has 0 aromatic carbocycles. The number of nitrogens with one attached hydrogen (secondary N) is 3. The van der Waals surface area contributed by atoms with Gasteiger partial charge < -0.3 is 39.9 Å². The molecule has 295 valence electrons. The van der Waals surface area contributed by atoms with Crippen molar-refractivity contribution < 1.29 is 55.1 Å². The van der Waals surface area contributed by atoms with Gasteiger partial charge in [-0.15, -0.1) is 0 Å². The number of carbonyl (C=O) groups excluding carboxylic acids is 3. The maximum absolute atomic E-state index is 12.4. The van der Waals surface area contributed by atoms with Crippen molar-refractivity contribution in [2.45, 2.75) is 78.9 Å². The summed E-state index contributed by atoms with van der Waals surface area (Å²) in [5.41, 5.74) is 2.48. The van der Waals surface area contributed by atoms with E-state index in [1.807, 2.05) is 62.3 Å². The molecule has 0 saturated carbocycles. The van der Waals surface area contributed by atoms with Gasteiger partial charge in [-0.3, -0.25) is 49.2 Å². The number of rotatable bonds is 15. The fourth-order valence-corrected chi connectivity index (χ4v) is 4.49. The Morgan fingerprint density at radius 3 is 1.00 bits per heavy atom. The van der Waals surface area contributed by atoms with Gasteiger partial charge in [0.2, 0.25) is 0 Å². The summed E-state index contributed by atoms with van der Waals surface area (Å²) in [6, 6.07) is 10.5. The first-order valence-electron chi connectivity index (χ1n) is 17.4. The molecule has 13 nitrogen and oxygen atoms in total. The maximum Gasteiger partial charge on any atom is 0.253 e. The van der Waals surface area contributed by atoms with Crippen LogP contribution in [0.3, 0.4) is 0 Å². The number of hydrogen-bond donors (Lipinski definition) is 3. The second-order valence-corrected chi connectivity index (χ2v) is 15.5. The molecule has 0 aliphatic heterocycles. The summed E-state index contributed by atoms with van der Waals surface area (Å²) in [4.78, 5) is 66.2. The van der Waals surface area contributed by atoms with Gasteiger partial charge in [-0.25, -0.2) is 0 Å². The quantitative estimate of drug-likeness (QED) is 0.153. The third-order valence-corrected chi connectivity index (χ3v) is 6.92. The van der Waals surface area contributed by atoms with E-state index >= 15 is 0 Å². The molecule has 0 atom stereocenters. The van der Waals surface area contributed by atoms with E-state index in [-0.39, 0.29) is 75.1 Å². The molecule has 0 saturated heterocycles. The van der Waals surface area contributed by atoms with Crippen LogP contribution in [-0.2, 0) is 16.8 Å². The van der Waals surface area contributed by atoms with Gasteiger partial charge >= 0.3 is 0 Å². The van der Waals surface area contributed by atoms with Crippen LogP contribution in [-0.4, -0.2) is 112 Å². The summed E-state index contributed by atoms with van der Waals surface area (Å²) in [6.45, 7) is 21.0. The van der Waals surface area contributed by atoms with E-state index in [1.165, 1.54) is 0 Å². The summed E-state index contributed by atoms with van der Waals surface area (Å²) in [5.74, 6) is -0.508. The van der Waals surface area contributed by atoms with Crippen LogP contribution >= 0.6 is 0 Å². The Hall–Kier alpha value is -3.93. The summed E-state index contributed by atoms with van der Waals surface area (Å²) >= 11 is 0. The zero-order valence-corrected chi connectivity index (χ0v) is 35.9. The van der Waals surface area contributed by atoms with Gasteiger partial charge in [-0.1, -0.05) is 0 Å². The molecule has 3 aromatic rings. The second kappa shape index (κ2) is 22.4. The van der Waals surface area contributed by atoms with Gasteiger partial charge in [0.15, 0.2) is 0 Å². The third-order valence-electron chi connectivity index (χ3n) is 6.92. The number of halogens is 1. The number of aliphatic imine (C=N–C) groups is 3. The van der Waals surface area contributed by atoms with Crippen molar-refractivity contribution in [2.75, 3.05) is 39.3 Å². The molecule has 3 aromatic heterocycles. The minimum atomic E-state index is -0.332. The van der Waals surface area contributed by atoms with Crippen molar-refractivity contribution in [1.29, 1.82) is 0 Å². The molecule has 0 aliphatic rings. The van der Waals surface area contributed by atoms with Gasteiger partial charge in [0, 0.05) is 90.3 Å². The van der Waals surface area contributed by atoms with Gasteiger partial charge in [0.25, 0.3) is 17.7 Å². The van der Waals surface area contributed by atoms with Crippen molar-refractivity contribution >= 4 is 36.4 Å². The van der Waals surface area contributed by atoms with Crippen LogP contribution in [0.25, 0.3) is 0 Å². The Bertz CT molecular complexity index is 1510. The molecule has 3 amide bonds. The largest absolute Gasteiger partial charge is 1.00 e. The maximum atomic E-state index is 12.4. The minimum Gasteiger partial charge on any atom is -1.00 e. The summed E-state index contributed by atoms with van der Waals surface area (Å²) in [6.07, 6.45) is 9.76. The van der Waals surface area contributed by atoms with Gasteiger partial charge in [-0.2, -0.15) is 0 Å². The van der Waals surface area contributed by atoms with Crippen molar-refractivity contribution in [2.24, 2.45) is 15.0 Å². The number of amides is 3. The molecule has 3 heterocycles. The van der Waals surface area contributed by atoms with E-state index in [2.05, 4.69) is 50.8 Å². The first-order chi connectivity index (χ1) is 24.4. The Morgan fingerprint density at radius 2 is 0.796 bits per heavy atom. The van der Waals surface area contributed by atoms with Crippen LogP contribution in [0.2, 0.25) is 0 Å². The molecule has 1 radical (unpaired) electrons. The number of hydrogen-bond acceptors (Lipinski definition) is 10. The second-order valence-electron chi connectivity index (χ2n) is 15.5. The predicted molar refractivity (Wildman–Crippen MR) is 208 cm³/mol. The summed E-state index contributed by atoms with van der Waals surface area (Å²) in [7, 11) is 0. The van der Waals surface area contributed by atoms with Crippen molar-refractivity contribution in [3.63, 3.8) is 0 Å². The Labute approximate surface area is 347 Å². The van der Waals surface area contributed by atoms with Crippen LogP contribution in [0.4, 0.5) is 0 Å². The molecule has 3 N–H and O–H groups in total. The van der Waals surface area contributed by atoms with Crippen LogP contribution in [0.1, 0.15) is 110 Å². The fourth-order valence-electron chi connectivity index (χ4n) is 4.49. The molecule has 0 bridgehead atoms. The van der Waals surface area contributed by atoms with Gasteiger partial charge in [0.1, 0.15) is 0 Å². The van der Waals surface area contributed by atoms with Crippen LogP contribution in [0, 0.1) is 0 Å². The summed E-state index contributed by atoms with van der Waals surface area (Å²) < 4.78 is 0. The molecular weight excluding hydrogens is 842 g/mol. The molecule has 54 heavy (non-hydrogen) atoms. The number of aromatic nitrogens is 3. The Kier molecular flexibility index (Phi) is 20.0. The third kappa shape index (κ3) is 19.4. The van der Waals surface area contributed by atoms with Crippen LogP contribution in [0.5, 0.6) is 0 Å². The molecular formula is C39H54CoIN10O3-. The Morgan fingerprint density at radius 1 is 0.537 bits per heavy atom. The number of pyridine rings is 3. The van der Waals surface area contributed by atoms with E-state index in [9.17, 15) is 14.4 Å². The average Bonchev–Trinajstić information content (AvgIpc) is 3.05. The summed E-state index contributed by atoms with van der Waals surface area (Å²) in [5, 5.41) is 8.79. The topological polar surface area (TPSA) is 166 Å². The normalized spacial score (nSPS) is 12.1. The fraction of sp³-hybridized carbons (Fsp3) is 0.462. The van der Waals surface area contributed by atoms with Gasteiger partial charge in [0.05, 0.1) is 53.4 Å². The minimum absolute atomic E-state index is 0. The zero-order valence-electron chi connectivity index (χ0n) is 32.7. The predicted octanol–water partition coefficient (Wildman–Crippen LogP) is 1.42. The zero-order chi connectivity index (χ0) is 38.4. The smallest absolute Gasteiger partial charge is 0.253 e. The molecule has 15 heteroatoms. The molecule has 0 unspecified atom stereocenters. The van der Waals surface area contributed by atoms with Gasteiger partial charge in [-0.05, 0) is 98.7 Å².